The Labute approximate surface area is 188 Å². The Balaban J connectivity index is 1.37. The molecule has 0 bridgehead atoms. The van der Waals surface area contributed by atoms with E-state index in [2.05, 4.69) is 26.3 Å². The summed E-state index contributed by atoms with van der Waals surface area (Å²) in [6.07, 6.45) is 0.980. The van der Waals surface area contributed by atoms with Crippen LogP contribution in [0.5, 0.6) is 0 Å². The number of hydrogen-bond acceptors (Lipinski definition) is 5. The fraction of sp³-hybridized carbons (Fsp3) is 0.320. The van der Waals surface area contributed by atoms with Crippen molar-refractivity contribution in [2.24, 2.45) is 0 Å². The van der Waals surface area contributed by atoms with Crippen molar-refractivity contribution in [3.63, 3.8) is 0 Å². The Morgan fingerprint density at radius 2 is 1.72 bits per heavy atom. The topological polar surface area (TPSA) is 77.2 Å². The van der Waals surface area contributed by atoms with Gasteiger partial charge in [0.05, 0.1) is 29.6 Å². The molecule has 1 aromatic heterocycles. The van der Waals surface area contributed by atoms with Crippen LogP contribution >= 0.6 is 0 Å². The lowest BCUT2D eigenvalue weighted by Gasteiger charge is -2.23. The number of rotatable bonds is 5. The molecule has 2 aromatic carbocycles. The summed E-state index contributed by atoms with van der Waals surface area (Å²) in [5, 5.41) is 16.6. The lowest BCUT2D eigenvalue weighted by molar-refractivity contribution is -0.117. The van der Waals surface area contributed by atoms with Gasteiger partial charge in [-0.3, -0.25) is 9.69 Å². The lowest BCUT2D eigenvalue weighted by atomic mass is 10.2. The van der Waals surface area contributed by atoms with Gasteiger partial charge in [-0.2, -0.15) is 10.4 Å². The molecule has 1 amide bonds. The number of nitrogens with one attached hydrogen (secondary N) is 1. The van der Waals surface area contributed by atoms with Crippen molar-refractivity contribution in [2.75, 3.05) is 42.9 Å². The molecule has 0 unspecified atom stereocenters. The molecule has 1 N–H and O–H groups in total. The first-order valence-corrected chi connectivity index (χ1v) is 10.9. The second-order valence-corrected chi connectivity index (χ2v) is 8.24. The third-order valence-corrected chi connectivity index (χ3v) is 5.69. The molecule has 3 aromatic rings. The second-order valence-electron chi connectivity index (χ2n) is 8.24. The van der Waals surface area contributed by atoms with Crippen LogP contribution in [0.3, 0.4) is 0 Å². The summed E-state index contributed by atoms with van der Waals surface area (Å²) in [7, 11) is 0. The van der Waals surface area contributed by atoms with Gasteiger partial charge in [-0.05, 0) is 56.7 Å². The molecule has 0 radical (unpaired) electrons. The van der Waals surface area contributed by atoms with Crippen LogP contribution in [0.1, 0.15) is 23.2 Å². The predicted molar refractivity (Wildman–Crippen MR) is 126 cm³/mol. The molecule has 2 heterocycles. The molecule has 0 saturated carbocycles. The van der Waals surface area contributed by atoms with Gasteiger partial charge in [0.2, 0.25) is 5.91 Å². The van der Waals surface area contributed by atoms with Crippen LogP contribution in [0.4, 0.5) is 11.5 Å². The van der Waals surface area contributed by atoms with Gasteiger partial charge < -0.3 is 10.2 Å². The summed E-state index contributed by atoms with van der Waals surface area (Å²) in [5.74, 6) is 0.649. The Hall–Kier alpha value is -3.63. The minimum atomic E-state index is -0.0370. The number of hydrogen-bond donors (Lipinski definition) is 1. The van der Waals surface area contributed by atoms with Gasteiger partial charge in [-0.25, -0.2) is 4.68 Å². The van der Waals surface area contributed by atoms with Crippen molar-refractivity contribution in [1.29, 1.82) is 5.26 Å². The van der Waals surface area contributed by atoms with E-state index in [1.807, 2.05) is 68.4 Å². The molecule has 0 atom stereocenters. The van der Waals surface area contributed by atoms with Crippen molar-refractivity contribution < 1.29 is 4.79 Å². The summed E-state index contributed by atoms with van der Waals surface area (Å²) in [6.45, 7) is 7.78. The summed E-state index contributed by atoms with van der Waals surface area (Å²) in [6, 6.07) is 19.8. The van der Waals surface area contributed by atoms with Gasteiger partial charge in [0.15, 0.2) is 0 Å². The fourth-order valence-electron chi connectivity index (χ4n) is 3.99. The predicted octanol–water partition coefficient (Wildman–Crippen LogP) is 3.51. The molecule has 0 spiro atoms. The highest BCUT2D eigenvalue weighted by Gasteiger charge is 2.19. The molecular weight excluding hydrogens is 400 g/mol. The molecule has 1 aliphatic rings. The van der Waals surface area contributed by atoms with Crippen LogP contribution < -0.4 is 10.2 Å². The molecule has 7 nitrogen and oxygen atoms in total. The molecule has 1 aliphatic heterocycles. The Morgan fingerprint density at radius 3 is 2.44 bits per heavy atom. The number of carbonyl (C=O) groups is 1. The monoisotopic (exact) mass is 428 g/mol. The van der Waals surface area contributed by atoms with Crippen molar-refractivity contribution in [1.82, 2.24) is 14.7 Å². The molecule has 7 heteroatoms. The fourth-order valence-corrected chi connectivity index (χ4v) is 3.99. The zero-order valence-corrected chi connectivity index (χ0v) is 18.6. The highest BCUT2D eigenvalue weighted by molar-refractivity contribution is 5.91. The minimum Gasteiger partial charge on any atom is -0.370 e. The molecule has 32 heavy (non-hydrogen) atoms. The van der Waals surface area contributed by atoms with E-state index in [0.29, 0.717) is 17.9 Å². The smallest absolute Gasteiger partial charge is 0.239 e. The number of benzene rings is 2. The van der Waals surface area contributed by atoms with Crippen molar-refractivity contribution in [3.8, 4) is 11.8 Å². The van der Waals surface area contributed by atoms with Crippen LogP contribution in [-0.2, 0) is 4.79 Å². The van der Waals surface area contributed by atoms with Crippen molar-refractivity contribution in [2.45, 2.75) is 20.3 Å². The maximum absolute atomic E-state index is 12.8. The highest BCUT2D eigenvalue weighted by Crippen LogP contribution is 2.19. The average Bonchev–Trinajstić information content (AvgIpc) is 3.00. The Kier molecular flexibility index (Phi) is 6.52. The first-order chi connectivity index (χ1) is 15.5. The Bertz CT molecular complexity index is 1110. The van der Waals surface area contributed by atoms with Gasteiger partial charge in [0.25, 0.3) is 0 Å². The van der Waals surface area contributed by atoms with Crippen LogP contribution in [0.15, 0.2) is 54.6 Å². The number of nitriles is 1. The zero-order chi connectivity index (χ0) is 22.5. The van der Waals surface area contributed by atoms with E-state index >= 15 is 0 Å². The third-order valence-electron chi connectivity index (χ3n) is 5.69. The standard InChI is InChI=1S/C25H28N6O/c1-19-4-8-23(9-5-19)31-24(16-20(2)28-31)27-25(32)18-29-12-3-13-30(15-14-29)22-10-6-21(17-26)7-11-22/h4-11,16H,3,12-15,18H2,1-2H3,(H,27,32). The highest BCUT2D eigenvalue weighted by atomic mass is 16.2. The van der Waals surface area contributed by atoms with E-state index in [9.17, 15) is 4.79 Å². The average molecular weight is 429 g/mol. The molecular formula is C25H28N6O. The van der Waals surface area contributed by atoms with Crippen LogP contribution in [0, 0.1) is 25.2 Å². The van der Waals surface area contributed by atoms with Gasteiger partial charge in [0.1, 0.15) is 5.82 Å². The largest absolute Gasteiger partial charge is 0.370 e. The molecule has 0 aliphatic carbocycles. The lowest BCUT2D eigenvalue weighted by Crippen LogP contribution is -2.36. The minimum absolute atomic E-state index is 0.0370. The number of aryl methyl sites for hydroxylation is 2. The van der Waals surface area contributed by atoms with E-state index in [0.717, 1.165) is 49.7 Å². The number of amides is 1. The number of carbonyl (C=O) groups excluding carboxylic acids is 1. The summed E-state index contributed by atoms with van der Waals surface area (Å²) >= 11 is 0. The zero-order valence-electron chi connectivity index (χ0n) is 18.6. The molecule has 1 fully saturated rings. The first kappa shape index (κ1) is 21.6. The van der Waals surface area contributed by atoms with Crippen LogP contribution in [-0.4, -0.2) is 53.3 Å². The van der Waals surface area contributed by atoms with Gasteiger partial charge in [-0.1, -0.05) is 17.7 Å². The van der Waals surface area contributed by atoms with Crippen molar-refractivity contribution >= 4 is 17.4 Å². The number of nitrogens with zero attached hydrogens (tertiary/aromatic N) is 5. The maximum atomic E-state index is 12.8. The van der Waals surface area contributed by atoms with E-state index < -0.39 is 0 Å². The van der Waals surface area contributed by atoms with E-state index in [1.165, 1.54) is 5.56 Å². The van der Waals surface area contributed by atoms with Gasteiger partial charge in [0, 0.05) is 37.9 Å². The SMILES string of the molecule is Cc1ccc(-n2nc(C)cc2NC(=O)CN2CCCN(c3ccc(C#N)cc3)CC2)cc1. The molecule has 4 rings (SSSR count). The maximum Gasteiger partial charge on any atom is 0.239 e. The van der Waals surface area contributed by atoms with E-state index in [4.69, 9.17) is 5.26 Å². The summed E-state index contributed by atoms with van der Waals surface area (Å²) in [5.41, 5.74) is 4.75. The van der Waals surface area contributed by atoms with Gasteiger partial charge in [-0.15, -0.1) is 0 Å². The quantitative estimate of drug-likeness (QED) is 0.673. The van der Waals surface area contributed by atoms with E-state index in [1.54, 1.807) is 4.68 Å². The normalized spacial score (nSPS) is 14.6. The van der Waals surface area contributed by atoms with E-state index in [-0.39, 0.29) is 5.91 Å². The third kappa shape index (κ3) is 5.16. The molecule has 164 valence electrons. The molecule has 1 saturated heterocycles. The second kappa shape index (κ2) is 9.67. The van der Waals surface area contributed by atoms with Gasteiger partial charge >= 0.3 is 0 Å². The summed E-state index contributed by atoms with van der Waals surface area (Å²) in [4.78, 5) is 17.3. The first-order valence-electron chi connectivity index (χ1n) is 10.9. The number of anilines is 2. The Morgan fingerprint density at radius 1 is 1.00 bits per heavy atom. The summed E-state index contributed by atoms with van der Waals surface area (Å²) < 4.78 is 1.78. The van der Waals surface area contributed by atoms with Crippen LogP contribution in [0.25, 0.3) is 5.69 Å². The van der Waals surface area contributed by atoms with Crippen molar-refractivity contribution in [3.05, 3.63) is 71.4 Å². The van der Waals surface area contributed by atoms with Crippen LogP contribution in [0.2, 0.25) is 0 Å². The number of aromatic nitrogens is 2.